The van der Waals surface area contributed by atoms with Crippen molar-refractivity contribution in [2.24, 2.45) is 0 Å². The number of thiazole rings is 1. The molecule has 156 valence electrons. The highest BCUT2D eigenvalue weighted by atomic mass is 32.1. The highest BCUT2D eigenvalue weighted by Crippen LogP contribution is 2.29. The zero-order valence-electron chi connectivity index (χ0n) is 16.1. The van der Waals surface area contributed by atoms with E-state index in [-0.39, 0.29) is 5.75 Å². The molecule has 0 unspecified atom stereocenters. The molecule has 0 saturated carbocycles. The molecule has 0 radical (unpaired) electrons. The summed E-state index contributed by atoms with van der Waals surface area (Å²) in [6.45, 7) is -2.93. The van der Waals surface area contributed by atoms with Gasteiger partial charge in [0.05, 0.1) is 5.69 Å². The SMILES string of the molecule is O=C(Nc1ccc(-c2csc(-c3ccccc3)n2)cc1)Nc1cccc(OC(F)F)c1. The Hall–Kier alpha value is -3.78. The van der Waals surface area contributed by atoms with Crippen LogP contribution >= 0.6 is 11.3 Å². The summed E-state index contributed by atoms with van der Waals surface area (Å²) in [6, 6.07) is 22.5. The van der Waals surface area contributed by atoms with Crippen LogP contribution in [0.25, 0.3) is 21.8 Å². The van der Waals surface area contributed by atoms with E-state index in [0.717, 1.165) is 21.8 Å². The summed E-state index contributed by atoms with van der Waals surface area (Å²) in [4.78, 5) is 16.9. The van der Waals surface area contributed by atoms with E-state index in [2.05, 4.69) is 20.4 Å². The summed E-state index contributed by atoms with van der Waals surface area (Å²) < 4.78 is 29.0. The first-order valence-electron chi connectivity index (χ1n) is 9.31. The smallest absolute Gasteiger partial charge is 0.387 e. The van der Waals surface area contributed by atoms with E-state index in [1.807, 2.05) is 47.8 Å². The molecule has 0 aliphatic heterocycles. The molecule has 0 aliphatic rings. The molecule has 1 aromatic heterocycles. The fourth-order valence-electron chi connectivity index (χ4n) is 2.89. The lowest BCUT2D eigenvalue weighted by molar-refractivity contribution is -0.0497. The van der Waals surface area contributed by atoms with Gasteiger partial charge in [0.15, 0.2) is 0 Å². The quantitative estimate of drug-likeness (QED) is 0.352. The van der Waals surface area contributed by atoms with Gasteiger partial charge in [0, 0.05) is 33.9 Å². The molecule has 2 amide bonds. The van der Waals surface area contributed by atoms with Gasteiger partial charge < -0.3 is 15.4 Å². The minimum absolute atomic E-state index is 0.0321. The molecule has 0 spiro atoms. The van der Waals surface area contributed by atoms with Crippen molar-refractivity contribution < 1.29 is 18.3 Å². The molecule has 0 bridgehead atoms. The van der Waals surface area contributed by atoms with Crippen LogP contribution in [-0.2, 0) is 0 Å². The first kappa shape index (κ1) is 20.5. The third-order valence-corrected chi connectivity index (χ3v) is 5.17. The number of alkyl halides is 2. The van der Waals surface area contributed by atoms with Crippen molar-refractivity contribution in [3.8, 4) is 27.6 Å². The molecule has 0 aliphatic carbocycles. The Morgan fingerprint density at radius 1 is 0.871 bits per heavy atom. The second-order valence-corrected chi connectivity index (χ2v) is 7.32. The van der Waals surface area contributed by atoms with Crippen LogP contribution in [0.15, 0.2) is 84.2 Å². The fourth-order valence-corrected chi connectivity index (χ4v) is 3.72. The Labute approximate surface area is 181 Å². The molecule has 1 heterocycles. The molecule has 2 N–H and O–H groups in total. The number of nitrogens with zero attached hydrogens (tertiary/aromatic N) is 1. The maximum absolute atomic E-state index is 12.3. The number of aromatic nitrogens is 1. The van der Waals surface area contributed by atoms with Crippen LogP contribution in [0.4, 0.5) is 25.0 Å². The number of hydrogen-bond donors (Lipinski definition) is 2. The highest BCUT2D eigenvalue weighted by molar-refractivity contribution is 7.13. The van der Waals surface area contributed by atoms with Crippen LogP contribution in [0, 0.1) is 0 Å². The number of urea groups is 1. The van der Waals surface area contributed by atoms with E-state index < -0.39 is 12.6 Å². The van der Waals surface area contributed by atoms with Crippen molar-refractivity contribution in [1.82, 2.24) is 4.98 Å². The van der Waals surface area contributed by atoms with Gasteiger partial charge in [0.25, 0.3) is 0 Å². The molecule has 3 aromatic carbocycles. The highest BCUT2D eigenvalue weighted by Gasteiger charge is 2.09. The largest absolute Gasteiger partial charge is 0.435 e. The minimum atomic E-state index is -2.93. The van der Waals surface area contributed by atoms with Gasteiger partial charge in [-0.25, -0.2) is 9.78 Å². The Balaban J connectivity index is 1.39. The number of carbonyl (C=O) groups excluding carboxylic acids is 1. The second-order valence-electron chi connectivity index (χ2n) is 6.47. The number of benzene rings is 3. The third-order valence-electron chi connectivity index (χ3n) is 4.28. The molecular weight excluding hydrogens is 420 g/mol. The minimum Gasteiger partial charge on any atom is -0.435 e. The van der Waals surface area contributed by atoms with E-state index in [1.165, 1.54) is 18.2 Å². The number of rotatable bonds is 6. The predicted octanol–water partition coefficient (Wildman–Crippen LogP) is 6.72. The van der Waals surface area contributed by atoms with Gasteiger partial charge in [-0.05, 0) is 24.3 Å². The summed E-state index contributed by atoms with van der Waals surface area (Å²) in [6.07, 6.45) is 0. The molecular formula is C23H17F2N3O2S. The summed E-state index contributed by atoms with van der Waals surface area (Å²) >= 11 is 1.57. The number of halogens is 2. The molecule has 5 nitrogen and oxygen atoms in total. The number of hydrogen-bond acceptors (Lipinski definition) is 4. The lowest BCUT2D eigenvalue weighted by Gasteiger charge is -2.10. The van der Waals surface area contributed by atoms with E-state index >= 15 is 0 Å². The Morgan fingerprint density at radius 2 is 1.61 bits per heavy atom. The van der Waals surface area contributed by atoms with Gasteiger partial charge >= 0.3 is 12.6 Å². The van der Waals surface area contributed by atoms with Crippen LogP contribution in [-0.4, -0.2) is 17.6 Å². The molecule has 0 saturated heterocycles. The van der Waals surface area contributed by atoms with E-state index in [1.54, 1.807) is 29.5 Å². The average molecular weight is 437 g/mol. The van der Waals surface area contributed by atoms with Crippen LogP contribution in [0.5, 0.6) is 5.75 Å². The summed E-state index contributed by atoms with van der Waals surface area (Å²) in [5.41, 5.74) is 3.77. The maximum Gasteiger partial charge on any atom is 0.387 e. The van der Waals surface area contributed by atoms with Crippen LogP contribution in [0.1, 0.15) is 0 Å². The molecule has 4 rings (SSSR count). The van der Waals surface area contributed by atoms with Crippen LogP contribution in [0.2, 0.25) is 0 Å². The lowest BCUT2D eigenvalue weighted by Crippen LogP contribution is -2.19. The topological polar surface area (TPSA) is 63.2 Å². The van der Waals surface area contributed by atoms with E-state index in [4.69, 9.17) is 0 Å². The number of amides is 2. The zero-order chi connectivity index (χ0) is 21.6. The van der Waals surface area contributed by atoms with Crippen molar-refractivity contribution in [2.75, 3.05) is 10.6 Å². The fraction of sp³-hybridized carbons (Fsp3) is 0.0435. The number of anilines is 2. The van der Waals surface area contributed by atoms with Crippen molar-refractivity contribution in [1.29, 1.82) is 0 Å². The molecule has 8 heteroatoms. The Bertz CT molecular complexity index is 1160. The third kappa shape index (κ3) is 5.43. The number of ether oxygens (including phenoxy) is 1. The van der Waals surface area contributed by atoms with Crippen LogP contribution in [0.3, 0.4) is 0 Å². The maximum atomic E-state index is 12.3. The van der Waals surface area contributed by atoms with Crippen LogP contribution < -0.4 is 15.4 Å². The second kappa shape index (κ2) is 9.36. The van der Waals surface area contributed by atoms with Gasteiger partial charge in [0.1, 0.15) is 10.8 Å². The predicted molar refractivity (Wildman–Crippen MR) is 119 cm³/mol. The summed E-state index contributed by atoms with van der Waals surface area (Å²) in [5.74, 6) is -0.0321. The summed E-state index contributed by atoms with van der Waals surface area (Å²) in [7, 11) is 0. The van der Waals surface area contributed by atoms with E-state index in [9.17, 15) is 13.6 Å². The lowest BCUT2D eigenvalue weighted by atomic mass is 10.1. The number of carbonyl (C=O) groups is 1. The monoisotopic (exact) mass is 437 g/mol. The molecule has 31 heavy (non-hydrogen) atoms. The number of nitrogens with one attached hydrogen (secondary N) is 2. The normalized spacial score (nSPS) is 10.7. The first-order valence-corrected chi connectivity index (χ1v) is 10.2. The molecule has 0 atom stereocenters. The van der Waals surface area contributed by atoms with Gasteiger partial charge in [0.2, 0.25) is 0 Å². The van der Waals surface area contributed by atoms with Crippen molar-refractivity contribution in [3.05, 3.63) is 84.2 Å². The Kier molecular flexibility index (Phi) is 6.18. The van der Waals surface area contributed by atoms with Gasteiger partial charge in [-0.3, -0.25) is 0 Å². The average Bonchev–Trinajstić information content (AvgIpc) is 3.25. The standard InChI is InChI=1S/C23H17F2N3O2S/c24-22(25)30-19-8-4-7-18(13-19)27-23(29)26-17-11-9-15(10-12-17)20-14-31-21(28-20)16-5-2-1-3-6-16/h1-14,22H,(H2,26,27,29). The van der Waals surface area contributed by atoms with Crippen molar-refractivity contribution in [3.63, 3.8) is 0 Å². The molecule has 4 aromatic rings. The van der Waals surface area contributed by atoms with Crippen molar-refractivity contribution >= 4 is 28.7 Å². The first-order chi connectivity index (χ1) is 15.1. The Morgan fingerprint density at radius 3 is 2.35 bits per heavy atom. The zero-order valence-corrected chi connectivity index (χ0v) is 16.9. The van der Waals surface area contributed by atoms with Gasteiger partial charge in [-0.2, -0.15) is 8.78 Å². The van der Waals surface area contributed by atoms with Crippen molar-refractivity contribution in [2.45, 2.75) is 6.61 Å². The van der Waals surface area contributed by atoms with Gasteiger partial charge in [-0.1, -0.05) is 48.5 Å². The molecule has 0 fully saturated rings. The van der Waals surface area contributed by atoms with E-state index in [0.29, 0.717) is 11.4 Å². The van der Waals surface area contributed by atoms with Gasteiger partial charge in [-0.15, -0.1) is 11.3 Å². The summed E-state index contributed by atoms with van der Waals surface area (Å²) in [5, 5.41) is 8.22.